The first-order valence-corrected chi connectivity index (χ1v) is 12.0. The molecule has 1 heterocycles. The normalized spacial score (nSPS) is 35.9. The molecule has 0 radical (unpaired) electrons. The zero-order chi connectivity index (χ0) is 19.2. The summed E-state index contributed by atoms with van der Waals surface area (Å²) in [4.78, 5) is 26.1. The van der Waals surface area contributed by atoms with E-state index >= 15 is 0 Å². The minimum absolute atomic E-state index is 0.0199. The standard InChI is InChI=1S/C19H31N3O4S/c1-20-17(23)12-27(25,26)16-2-4-22(5-3-16)18(24)21-19-9-13-6-14(10-19)8-15(7-13)11-19/h13-16H,2-12H2,1H3,(H,20,23)(H,21,24). The van der Waals surface area contributed by atoms with Crippen molar-refractivity contribution in [3.05, 3.63) is 0 Å². The number of amides is 3. The minimum atomic E-state index is -3.46. The van der Waals surface area contributed by atoms with Crippen molar-refractivity contribution in [3.8, 4) is 0 Å². The summed E-state index contributed by atoms with van der Waals surface area (Å²) in [7, 11) is -2.02. The molecule has 0 unspecified atom stereocenters. The Kier molecular flexibility index (Phi) is 4.89. The summed E-state index contributed by atoms with van der Waals surface area (Å²) in [6, 6.07) is -0.0286. The molecule has 1 saturated heterocycles. The van der Waals surface area contributed by atoms with E-state index < -0.39 is 26.7 Å². The highest BCUT2D eigenvalue weighted by molar-refractivity contribution is 7.92. The summed E-state index contributed by atoms with van der Waals surface area (Å²) in [5.41, 5.74) is -0.0199. The van der Waals surface area contributed by atoms with Crippen LogP contribution in [0.5, 0.6) is 0 Å². The Labute approximate surface area is 161 Å². The van der Waals surface area contributed by atoms with Crippen molar-refractivity contribution in [2.24, 2.45) is 17.8 Å². The largest absolute Gasteiger partial charge is 0.358 e. The number of carbonyl (C=O) groups is 2. The second-order valence-electron chi connectivity index (χ2n) is 9.29. The van der Waals surface area contributed by atoms with E-state index in [9.17, 15) is 18.0 Å². The van der Waals surface area contributed by atoms with Gasteiger partial charge in [-0.05, 0) is 69.1 Å². The lowest BCUT2D eigenvalue weighted by Crippen LogP contribution is -2.62. The molecule has 2 N–H and O–H groups in total. The number of urea groups is 1. The monoisotopic (exact) mass is 397 g/mol. The zero-order valence-corrected chi connectivity index (χ0v) is 16.9. The summed E-state index contributed by atoms with van der Waals surface area (Å²) in [5, 5.41) is 5.20. The van der Waals surface area contributed by atoms with E-state index in [1.807, 2.05) is 0 Å². The molecular weight excluding hydrogens is 366 g/mol. The highest BCUT2D eigenvalue weighted by atomic mass is 32.2. The predicted octanol–water partition coefficient (Wildman–Crippen LogP) is 1.29. The molecule has 8 heteroatoms. The van der Waals surface area contributed by atoms with Crippen LogP contribution in [0.1, 0.15) is 51.4 Å². The topological polar surface area (TPSA) is 95.6 Å². The van der Waals surface area contributed by atoms with Gasteiger partial charge in [-0.25, -0.2) is 13.2 Å². The van der Waals surface area contributed by atoms with Crippen LogP contribution in [0.2, 0.25) is 0 Å². The molecule has 5 rings (SSSR count). The predicted molar refractivity (Wildman–Crippen MR) is 102 cm³/mol. The first-order valence-electron chi connectivity index (χ1n) is 10.3. The smallest absolute Gasteiger partial charge is 0.317 e. The van der Waals surface area contributed by atoms with Crippen molar-refractivity contribution in [2.45, 2.75) is 62.2 Å². The average molecular weight is 398 g/mol. The van der Waals surface area contributed by atoms with E-state index in [1.165, 1.54) is 26.3 Å². The zero-order valence-electron chi connectivity index (χ0n) is 16.1. The molecule has 27 heavy (non-hydrogen) atoms. The first kappa shape index (κ1) is 19.0. The second kappa shape index (κ2) is 6.94. The van der Waals surface area contributed by atoms with Gasteiger partial charge in [-0.1, -0.05) is 0 Å². The maximum absolute atomic E-state index is 12.9. The molecule has 4 saturated carbocycles. The van der Waals surface area contributed by atoms with Gasteiger partial charge in [0, 0.05) is 25.7 Å². The lowest BCUT2D eigenvalue weighted by atomic mass is 9.53. The molecule has 0 aromatic carbocycles. The summed E-state index contributed by atoms with van der Waals surface area (Å²) < 4.78 is 24.7. The van der Waals surface area contributed by atoms with Gasteiger partial charge in [-0.2, -0.15) is 0 Å². The van der Waals surface area contributed by atoms with Gasteiger partial charge < -0.3 is 15.5 Å². The number of sulfone groups is 1. The number of nitrogens with zero attached hydrogens (tertiary/aromatic N) is 1. The van der Waals surface area contributed by atoms with E-state index in [-0.39, 0.29) is 11.6 Å². The lowest BCUT2D eigenvalue weighted by molar-refractivity contribution is -0.118. The molecule has 0 aromatic rings. The van der Waals surface area contributed by atoms with Gasteiger partial charge in [-0.3, -0.25) is 4.79 Å². The Morgan fingerprint density at radius 2 is 1.52 bits per heavy atom. The van der Waals surface area contributed by atoms with E-state index in [4.69, 9.17) is 0 Å². The van der Waals surface area contributed by atoms with Crippen LogP contribution >= 0.6 is 0 Å². The van der Waals surface area contributed by atoms with Crippen LogP contribution in [0.15, 0.2) is 0 Å². The van der Waals surface area contributed by atoms with Crippen LogP contribution in [0.3, 0.4) is 0 Å². The van der Waals surface area contributed by atoms with Crippen molar-refractivity contribution >= 4 is 21.8 Å². The van der Waals surface area contributed by atoms with Gasteiger partial charge in [-0.15, -0.1) is 0 Å². The van der Waals surface area contributed by atoms with Gasteiger partial charge in [0.25, 0.3) is 0 Å². The lowest BCUT2D eigenvalue weighted by Gasteiger charge is -2.57. The fraction of sp³-hybridized carbons (Fsp3) is 0.895. The van der Waals surface area contributed by atoms with Crippen molar-refractivity contribution < 1.29 is 18.0 Å². The molecule has 0 atom stereocenters. The molecule has 5 aliphatic rings. The number of hydrogen-bond acceptors (Lipinski definition) is 4. The molecule has 5 fully saturated rings. The average Bonchev–Trinajstić information content (AvgIpc) is 2.59. The molecule has 0 aromatic heterocycles. The maximum atomic E-state index is 12.9. The van der Waals surface area contributed by atoms with Crippen molar-refractivity contribution in [1.82, 2.24) is 15.5 Å². The molecule has 7 nitrogen and oxygen atoms in total. The van der Waals surface area contributed by atoms with Crippen LogP contribution in [0, 0.1) is 17.8 Å². The summed E-state index contributed by atoms with van der Waals surface area (Å²) in [6.45, 7) is 0.881. The van der Waals surface area contributed by atoms with E-state index in [2.05, 4.69) is 10.6 Å². The fourth-order valence-electron chi connectivity index (χ4n) is 6.36. The highest BCUT2D eigenvalue weighted by Crippen LogP contribution is 2.55. The highest BCUT2D eigenvalue weighted by Gasteiger charge is 2.52. The van der Waals surface area contributed by atoms with Crippen molar-refractivity contribution in [2.75, 3.05) is 25.9 Å². The third-order valence-corrected chi connectivity index (χ3v) is 9.41. The minimum Gasteiger partial charge on any atom is -0.358 e. The summed E-state index contributed by atoms with van der Waals surface area (Å²) in [6.07, 6.45) is 8.17. The quantitative estimate of drug-likeness (QED) is 0.747. The first-order chi connectivity index (χ1) is 12.8. The Bertz CT molecular complexity index is 677. The molecule has 4 aliphatic carbocycles. The van der Waals surface area contributed by atoms with Gasteiger partial charge in [0.15, 0.2) is 9.84 Å². The Morgan fingerprint density at radius 1 is 1.00 bits per heavy atom. The molecule has 1 aliphatic heterocycles. The van der Waals surface area contributed by atoms with Crippen LogP contribution in [0.4, 0.5) is 4.79 Å². The van der Waals surface area contributed by atoms with Crippen LogP contribution in [-0.2, 0) is 14.6 Å². The SMILES string of the molecule is CNC(=O)CS(=O)(=O)C1CCN(C(=O)NC23CC4CC(CC(C4)C2)C3)CC1. The molecule has 3 amide bonds. The number of likely N-dealkylation sites (tertiary alicyclic amines) is 1. The van der Waals surface area contributed by atoms with E-state index in [1.54, 1.807) is 4.90 Å². The van der Waals surface area contributed by atoms with Gasteiger partial charge in [0.05, 0.1) is 5.25 Å². The van der Waals surface area contributed by atoms with Gasteiger partial charge >= 0.3 is 6.03 Å². The molecule has 4 bridgehead atoms. The van der Waals surface area contributed by atoms with E-state index in [0.29, 0.717) is 25.9 Å². The summed E-state index contributed by atoms with van der Waals surface area (Å²) >= 11 is 0. The number of carbonyl (C=O) groups excluding carboxylic acids is 2. The molecular formula is C19H31N3O4S. The summed E-state index contributed by atoms with van der Waals surface area (Å²) in [5.74, 6) is 1.39. The number of nitrogens with one attached hydrogen (secondary N) is 2. The third-order valence-electron chi connectivity index (χ3n) is 7.26. The third kappa shape index (κ3) is 3.82. The van der Waals surface area contributed by atoms with Gasteiger partial charge in [0.1, 0.15) is 5.75 Å². The maximum Gasteiger partial charge on any atom is 0.317 e. The fourth-order valence-corrected chi connectivity index (χ4v) is 8.03. The molecule has 152 valence electrons. The van der Waals surface area contributed by atoms with Crippen LogP contribution in [0.25, 0.3) is 0 Å². The number of hydrogen-bond donors (Lipinski definition) is 2. The Balaban J connectivity index is 1.32. The molecule has 0 spiro atoms. The Hall–Kier alpha value is -1.31. The van der Waals surface area contributed by atoms with Crippen molar-refractivity contribution in [3.63, 3.8) is 0 Å². The number of piperidine rings is 1. The van der Waals surface area contributed by atoms with E-state index in [0.717, 1.165) is 37.0 Å². The second-order valence-corrected chi connectivity index (χ2v) is 11.6. The Morgan fingerprint density at radius 3 is 2.00 bits per heavy atom. The van der Waals surface area contributed by atoms with Crippen LogP contribution in [-0.4, -0.2) is 61.9 Å². The van der Waals surface area contributed by atoms with Gasteiger partial charge in [0.2, 0.25) is 5.91 Å². The van der Waals surface area contributed by atoms with Crippen molar-refractivity contribution in [1.29, 1.82) is 0 Å². The van der Waals surface area contributed by atoms with Crippen LogP contribution < -0.4 is 10.6 Å². The number of rotatable bonds is 4.